The lowest BCUT2D eigenvalue weighted by atomic mass is 10.0. The summed E-state index contributed by atoms with van der Waals surface area (Å²) >= 11 is 0. The molecule has 2 heterocycles. The zero-order valence-electron chi connectivity index (χ0n) is 19.2. The summed E-state index contributed by atoms with van der Waals surface area (Å²) in [6, 6.07) is 6.99. The largest absolute Gasteiger partial charge is 0.379 e. The highest BCUT2D eigenvalue weighted by Gasteiger charge is 2.23. The van der Waals surface area contributed by atoms with E-state index < -0.39 is 0 Å². The van der Waals surface area contributed by atoms with Crippen molar-refractivity contribution in [2.45, 2.75) is 18.9 Å². The van der Waals surface area contributed by atoms with E-state index in [1.165, 1.54) is 51.3 Å². The van der Waals surface area contributed by atoms with Crippen LogP contribution < -0.4 is 10.6 Å². The Labute approximate surface area is 186 Å². The minimum atomic E-state index is -0.202. The lowest BCUT2D eigenvalue weighted by Crippen LogP contribution is -2.46. The van der Waals surface area contributed by atoms with Gasteiger partial charge in [0.25, 0.3) is 0 Å². The van der Waals surface area contributed by atoms with Gasteiger partial charge in [-0.05, 0) is 44.1 Å². The third-order valence-electron chi connectivity index (χ3n) is 6.22. The van der Waals surface area contributed by atoms with Gasteiger partial charge in [-0.1, -0.05) is 12.1 Å². The zero-order chi connectivity index (χ0) is 21.9. The van der Waals surface area contributed by atoms with Crippen molar-refractivity contribution in [3.63, 3.8) is 0 Å². The number of halogens is 1. The first-order valence-electron chi connectivity index (χ1n) is 11.6. The Balaban J connectivity index is 1.41. The first-order chi connectivity index (χ1) is 15.2. The number of nitrogens with zero attached hydrogens (tertiary/aromatic N) is 4. The second kappa shape index (κ2) is 13.0. The smallest absolute Gasteiger partial charge is 0.191 e. The molecule has 2 aliphatic rings. The van der Waals surface area contributed by atoms with E-state index in [1.807, 2.05) is 12.1 Å². The van der Waals surface area contributed by atoms with Gasteiger partial charge in [-0.15, -0.1) is 0 Å². The maximum absolute atomic E-state index is 13.4. The molecule has 0 aliphatic carbocycles. The number of hydrogen-bond donors (Lipinski definition) is 2. The molecule has 174 valence electrons. The second-order valence-corrected chi connectivity index (χ2v) is 8.45. The number of nitrogens with one attached hydrogen (secondary N) is 2. The van der Waals surface area contributed by atoms with Gasteiger partial charge >= 0.3 is 0 Å². The summed E-state index contributed by atoms with van der Waals surface area (Å²) in [6.07, 6.45) is 2.32. The van der Waals surface area contributed by atoms with Crippen molar-refractivity contribution in [2.75, 3.05) is 86.2 Å². The highest BCUT2D eigenvalue weighted by Crippen LogP contribution is 2.21. The lowest BCUT2D eigenvalue weighted by Gasteiger charge is -2.35. The first kappa shape index (κ1) is 23.9. The average Bonchev–Trinajstić information content (AvgIpc) is 2.80. The molecule has 2 saturated heterocycles. The molecule has 7 nitrogen and oxygen atoms in total. The van der Waals surface area contributed by atoms with Gasteiger partial charge in [0, 0.05) is 59.4 Å². The summed E-state index contributed by atoms with van der Waals surface area (Å²) in [7, 11) is 4.00. The maximum atomic E-state index is 13.4. The van der Waals surface area contributed by atoms with Crippen LogP contribution in [0.3, 0.4) is 0 Å². The third kappa shape index (κ3) is 8.03. The van der Waals surface area contributed by atoms with Crippen LogP contribution in [0.4, 0.5) is 4.39 Å². The minimum absolute atomic E-state index is 0.153. The molecule has 3 rings (SSSR count). The summed E-state index contributed by atoms with van der Waals surface area (Å²) in [4.78, 5) is 11.7. The normalized spacial score (nSPS) is 20.5. The van der Waals surface area contributed by atoms with E-state index in [1.54, 1.807) is 7.05 Å². The van der Waals surface area contributed by atoms with Crippen molar-refractivity contribution in [1.82, 2.24) is 25.3 Å². The molecule has 0 aromatic heterocycles. The fourth-order valence-corrected chi connectivity index (χ4v) is 4.18. The van der Waals surface area contributed by atoms with Crippen LogP contribution in [-0.2, 0) is 4.74 Å². The molecule has 0 radical (unpaired) electrons. The highest BCUT2D eigenvalue weighted by atomic mass is 19.1. The predicted molar refractivity (Wildman–Crippen MR) is 124 cm³/mol. The van der Waals surface area contributed by atoms with Gasteiger partial charge in [-0.2, -0.15) is 0 Å². The van der Waals surface area contributed by atoms with Gasteiger partial charge in [-0.3, -0.25) is 9.89 Å². The zero-order valence-corrected chi connectivity index (χ0v) is 19.2. The Hall–Kier alpha value is -1.74. The van der Waals surface area contributed by atoms with Crippen LogP contribution in [0.5, 0.6) is 0 Å². The molecule has 2 aliphatic heterocycles. The number of piperazine rings is 1. The fraction of sp³-hybridized carbons (Fsp3) is 0.696. The molecule has 0 spiro atoms. The van der Waals surface area contributed by atoms with E-state index in [4.69, 9.17) is 4.74 Å². The Morgan fingerprint density at radius 3 is 2.42 bits per heavy atom. The number of hydrogen-bond acceptors (Lipinski definition) is 5. The number of likely N-dealkylation sites (N-methyl/N-ethyl adjacent to an activating group) is 1. The molecular formula is C23H39FN6O. The van der Waals surface area contributed by atoms with E-state index in [0.717, 1.165) is 50.8 Å². The van der Waals surface area contributed by atoms with Gasteiger partial charge in [0.1, 0.15) is 5.82 Å². The Kier molecular flexibility index (Phi) is 9.99. The standard InChI is InChI=1S/C23H39FN6O/c1-25-23(26-9-3-4-10-29-13-11-28(2)12-14-29)27-19-22(30-15-17-31-18-16-30)20-5-7-21(24)8-6-20/h5-8,22H,3-4,9-19H2,1-2H3,(H2,25,26,27). The van der Waals surface area contributed by atoms with Gasteiger partial charge < -0.3 is 25.2 Å². The van der Waals surface area contributed by atoms with Crippen molar-refractivity contribution in [2.24, 2.45) is 4.99 Å². The quantitative estimate of drug-likeness (QED) is 0.348. The number of guanidine groups is 1. The molecule has 8 heteroatoms. The van der Waals surface area contributed by atoms with Crippen molar-refractivity contribution in [1.29, 1.82) is 0 Å². The highest BCUT2D eigenvalue weighted by molar-refractivity contribution is 5.79. The molecule has 1 unspecified atom stereocenters. The van der Waals surface area contributed by atoms with Crippen LogP contribution in [0.25, 0.3) is 0 Å². The second-order valence-electron chi connectivity index (χ2n) is 8.45. The summed E-state index contributed by atoms with van der Waals surface area (Å²) in [5, 5.41) is 6.91. The van der Waals surface area contributed by atoms with Gasteiger partial charge in [-0.25, -0.2) is 4.39 Å². The molecule has 2 N–H and O–H groups in total. The third-order valence-corrected chi connectivity index (χ3v) is 6.22. The Morgan fingerprint density at radius 1 is 1.03 bits per heavy atom. The number of benzene rings is 1. The molecule has 2 fully saturated rings. The SMILES string of the molecule is CN=C(NCCCCN1CCN(C)CC1)NCC(c1ccc(F)cc1)N1CCOCC1. The summed E-state index contributed by atoms with van der Waals surface area (Å²) < 4.78 is 18.9. The average molecular weight is 435 g/mol. The Bertz CT molecular complexity index is 657. The molecule has 31 heavy (non-hydrogen) atoms. The summed E-state index contributed by atoms with van der Waals surface area (Å²) in [6.45, 7) is 10.7. The summed E-state index contributed by atoms with van der Waals surface area (Å²) in [5.74, 6) is 0.617. The van der Waals surface area contributed by atoms with Crippen LogP contribution in [-0.4, -0.2) is 107 Å². The number of rotatable bonds is 9. The fourth-order valence-electron chi connectivity index (χ4n) is 4.18. The molecular weight excluding hydrogens is 395 g/mol. The van der Waals surface area contributed by atoms with Crippen LogP contribution in [0.1, 0.15) is 24.4 Å². The van der Waals surface area contributed by atoms with E-state index in [-0.39, 0.29) is 11.9 Å². The molecule has 0 saturated carbocycles. The van der Waals surface area contributed by atoms with E-state index in [2.05, 4.69) is 37.4 Å². The van der Waals surface area contributed by atoms with E-state index >= 15 is 0 Å². The lowest BCUT2D eigenvalue weighted by molar-refractivity contribution is 0.0170. The predicted octanol–water partition coefficient (Wildman–Crippen LogP) is 1.39. The summed E-state index contributed by atoms with van der Waals surface area (Å²) in [5.41, 5.74) is 1.11. The van der Waals surface area contributed by atoms with Crippen LogP contribution >= 0.6 is 0 Å². The topological polar surface area (TPSA) is 55.4 Å². The monoisotopic (exact) mass is 434 g/mol. The molecule has 1 aromatic carbocycles. The molecule has 0 amide bonds. The molecule has 1 aromatic rings. The number of ether oxygens (including phenoxy) is 1. The van der Waals surface area contributed by atoms with E-state index in [0.29, 0.717) is 6.54 Å². The van der Waals surface area contributed by atoms with Crippen molar-refractivity contribution < 1.29 is 9.13 Å². The van der Waals surface area contributed by atoms with Crippen LogP contribution in [0, 0.1) is 5.82 Å². The number of unbranched alkanes of at least 4 members (excludes halogenated alkanes) is 1. The minimum Gasteiger partial charge on any atom is -0.379 e. The van der Waals surface area contributed by atoms with Crippen molar-refractivity contribution >= 4 is 5.96 Å². The van der Waals surface area contributed by atoms with Crippen molar-refractivity contribution in [3.05, 3.63) is 35.6 Å². The van der Waals surface area contributed by atoms with Gasteiger partial charge in [0.15, 0.2) is 5.96 Å². The Morgan fingerprint density at radius 2 is 1.74 bits per heavy atom. The van der Waals surface area contributed by atoms with Crippen molar-refractivity contribution in [3.8, 4) is 0 Å². The van der Waals surface area contributed by atoms with Gasteiger partial charge in [0.05, 0.1) is 19.3 Å². The maximum Gasteiger partial charge on any atom is 0.191 e. The van der Waals surface area contributed by atoms with E-state index in [9.17, 15) is 4.39 Å². The van der Waals surface area contributed by atoms with Crippen LogP contribution in [0.15, 0.2) is 29.3 Å². The number of aliphatic imine (C=N–C) groups is 1. The van der Waals surface area contributed by atoms with Crippen LogP contribution in [0.2, 0.25) is 0 Å². The number of morpholine rings is 1. The molecule has 1 atom stereocenters. The molecule has 0 bridgehead atoms. The first-order valence-corrected chi connectivity index (χ1v) is 11.6. The van der Waals surface area contributed by atoms with Gasteiger partial charge in [0.2, 0.25) is 0 Å².